The average Bonchev–Trinajstić information content (AvgIpc) is 2.97. The summed E-state index contributed by atoms with van der Waals surface area (Å²) in [5, 5.41) is 15.9. The van der Waals surface area contributed by atoms with E-state index in [2.05, 4.69) is 21.6 Å². The standard InChI is InChI=1S/C15H20N4/c16-10-13-1-2-14-15(9-13)19(8-6-18-14)7-4-12-3-5-17-11-12/h1-2,9,12,17-18H,3-8,11H2. The quantitative estimate of drug-likeness (QED) is 0.865. The van der Waals surface area contributed by atoms with Crippen molar-refractivity contribution in [3.05, 3.63) is 23.8 Å². The van der Waals surface area contributed by atoms with E-state index in [1.165, 1.54) is 25.1 Å². The van der Waals surface area contributed by atoms with Gasteiger partial charge in [0.15, 0.2) is 0 Å². The van der Waals surface area contributed by atoms with Gasteiger partial charge in [-0.15, -0.1) is 0 Å². The molecule has 2 heterocycles. The molecule has 1 atom stereocenters. The van der Waals surface area contributed by atoms with Crippen LogP contribution in [0.25, 0.3) is 0 Å². The fraction of sp³-hybridized carbons (Fsp3) is 0.533. The molecule has 3 rings (SSSR count). The molecule has 4 nitrogen and oxygen atoms in total. The highest BCUT2D eigenvalue weighted by Gasteiger charge is 2.20. The first-order valence-corrected chi connectivity index (χ1v) is 7.10. The molecule has 2 aliphatic rings. The van der Waals surface area contributed by atoms with Gasteiger partial charge in [-0.05, 0) is 50.0 Å². The van der Waals surface area contributed by atoms with E-state index in [-0.39, 0.29) is 0 Å². The van der Waals surface area contributed by atoms with E-state index >= 15 is 0 Å². The minimum absolute atomic E-state index is 0.745. The van der Waals surface area contributed by atoms with Crippen LogP contribution in [0.5, 0.6) is 0 Å². The number of nitriles is 1. The Labute approximate surface area is 114 Å². The lowest BCUT2D eigenvalue weighted by molar-refractivity contribution is 0.525. The molecule has 0 amide bonds. The van der Waals surface area contributed by atoms with Crippen molar-refractivity contribution in [1.29, 1.82) is 5.26 Å². The molecular formula is C15H20N4. The summed E-state index contributed by atoms with van der Waals surface area (Å²) in [6.07, 6.45) is 2.54. The summed E-state index contributed by atoms with van der Waals surface area (Å²) in [5.74, 6) is 0.817. The lowest BCUT2D eigenvalue weighted by atomic mass is 10.0. The Kier molecular flexibility index (Phi) is 3.56. The van der Waals surface area contributed by atoms with Crippen LogP contribution in [0.3, 0.4) is 0 Å². The Morgan fingerprint density at radius 1 is 1.37 bits per heavy atom. The molecule has 0 aromatic heterocycles. The summed E-state index contributed by atoms with van der Waals surface area (Å²) < 4.78 is 0. The van der Waals surface area contributed by atoms with Gasteiger partial charge in [0, 0.05) is 19.6 Å². The minimum Gasteiger partial charge on any atom is -0.382 e. The molecule has 2 N–H and O–H groups in total. The molecule has 0 aliphatic carbocycles. The van der Waals surface area contributed by atoms with Gasteiger partial charge >= 0.3 is 0 Å². The van der Waals surface area contributed by atoms with Crippen molar-refractivity contribution in [2.24, 2.45) is 5.92 Å². The highest BCUT2D eigenvalue weighted by Crippen LogP contribution is 2.30. The summed E-state index contributed by atoms with van der Waals surface area (Å²) >= 11 is 0. The van der Waals surface area contributed by atoms with E-state index in [1.807, 2.05) is 18.2 Å². The monoisotopic (exact) mass is 256 g/mol. The third kappa shape index (κ3) is 2.66. The SMILES string of the molecule is N#Cc1ccc2c(c1)N(CCC1CCNC1)CCN2. The van der Waals surface area contributed by atoms with E-state index in [9.17, 15) is 0 Å². The van der Waals surface area contributed by atoms with Crippen molar-refractivity contribution in [2.45, 2.75) is 12.8 Å². The number of benzene rings is 1. The van der Waals surface area contributed by atoms with Crippen LogP contribution in [0.15, 0.2) is 18.2 Å². The van der Waals surface area contributed by atoms with Crippen molar-refractivity contribution in [2.75, 3.05) is 42.9 Å². The largest absolute Gasteiger partial charge is 0.382 e. The molecule has 19 heavy (non-hydrogen) atoms. The van der Waals surface area contributed by atoms with Crippen molar-refractivity contribution < 1.29 is 0 Å². The molecule has 4 heteroatoms. The Bertz CT molecular complexity index is 485. The molecule has 1 fully saturated rings. The summed E-state index contributed by atoms with van der Waals surface area (Å²) in [7, 11) is 0. The van der Waals surface area contributed by atoms with Gasteiger partial charge in [-0.1, -0.05) is 0 Å². The van der Waals surface area contributed by atoms with Crippen LogP contribution in [-0.4, -0.2) is 32.7 Å². The normalized spacial score (nSPS) is 21.6. The lowest BCUT2D eigenvalue weighted by Crippen LogP contribution is -2.35. The zero-order chi connectivity index (χ0) is 13.1. The number of rotatable bonds is 3. The molecule has 0 bridgehead atoms. The number of hydrogen-bond donors (Lipinski definition) is 2. The fourth-order valence-electron chi connectivity index (χ4n) is 2.99. The maximum Gasteiger partial charge on any atom is 0.0992 e. The van der Waals surface area contributed by atoms with Gasteiger partial charge in [-0.2, -0.15) is 5.26 Å². The Morgan fingerprint density at radius 2 is 2.32 bits per heavy atom. The maximum atomic E-state index is 9.03. The molecule has 100 valence electrons. The van der Waals surface area contributed by atoms with Crippen LogP contribution in [0.4, 0.5) is 11.4 Å². The van der Waals surface area contributed by atoms with Gasteiger partial charge in [0.2, 0.25) is 0 Å². The molecule has 1 aromatic carbocycles. The smallest absolute Gasteiger partial charge is 0.0992 e. The highest BCUT2D eigenvalue weighted by molar-refractivity contribution is 5.73. The van der Waals surface area contributed by atoms with E-state index in [1.54, 1.807) is 0 Å². The number of nitrogens with one attached hydrogen (secondary N) is 2. The Morgan fingerprint density at radius 3 is 3.11 bits per heavy atom. The first-order chi connectivity index (χ1) is 9.36. The Balaban J connectivity index is 1.71. The summed E-state index contributed by atoms with van der Waals surface area (Å²) in [6, 6.07) is 8.15. The van der Waals surface area contributed by atoms with Gasteiger partial charge in [0.05, 0.1) is 23.0 Å². The second-order valence-corrected chi connectivity index (χ2v) is 5.41. The number of hydrogen-bond acceptors (Lipinski definition) is 4. The summed E-state index contributed by atoms with van der Waals surface area (Å²) in [5.41, 5.74) is 3.10. The molecular weight excluding hydrogens is 236 g/mol. The van der Waals surface area contributed by atoms with E-state index in [4.69, 9.17) is 5.26 Å². The summed E-state index contributed by atoms with van der Waals surface area (Å²) in [4.78, 5) is 2.42. The van der Waals surface area contributed by atoms with Crippen LogP contribution >= 0.6 is 0 Å². The molecule has 1 saturated heterocycles. The van der Waals surface area contributed by atoms with Gasteiger partial charge in [0.1, 0.15) is 0 Å². The molecule has 0 radical (unpaired) electrons. The van der Waals surface area contributed by atoms with Crippen LogP contribution in [0.2, 0.25) is 0 Å². The minimum atomic E-state index is 0.745. The third-order valence-corrected chi connectivity index (χ3v) is 4.13. The number of fused-ring (bicyclic) bond motifs is 1. The van der Waals surface area contributed by atoms with Crippen LogP contribution in [0.1, 0.15) is 18.4 Å². The van der Waals surface area contributed by atoms with Gasteiger partial charge in [-0.25, -0.2) is 0 Å². The van der Waals surface area contributed by atoms with E-state index in [0.29, 0.717) is 0 Å². The first-order valence-electron chi connectivity index (χ1n) is 7.10. The maximum absolute atomic E-state index is 9.03. The van der Waals surface area contributed by atoms with Crippen LogP contribution in [0, 0.1) is 17.2 Å². The van der Waals surface area contributed by atoms with Gasteiger partial charge in [0.25, 0.3) is 0 Å². The number of anilines is 2. The second kappa shape index (κ2) is 5.50. The molecule has 2 aliphatic heterocycles. The third-order valence-electron chi connectivity index (χ3n) is 4.13. The van der Waals surface area contributed by atoms with E-state index < -0.39 is 0 Å². The predicted molar refractivity (Wildman–Crippen MR) is 77.5 cm³/mol. The van der Waals surface area contributed by atoms with E-state index in [0.717, 1.165) is 43.3 Å². The predicted octanol–water partition coefficient (Wildman–Crippen LogP) is 1.79. The lowest BCUT2D eigenvalue weighted by Gasteiger charge is -2.32. The second-order valence-electron chi connectivity index (χ2n) is 5.41. The fourth-order valence-corrected chi connectivity index (χ4v) is 2.99. The van der Waals surface area contributed by atoms with Crippen molar-refractivity contribution in [1.82, 2.24) is 5.32 Å². The van der Waals surface area contributed by atoms with Gasteiger partial charge in [-0.3, -0.25) is 0 Å². The van der Waals surface area contributed by atoms with Gasteiger partial charge < -0.3 is 15.5 Å². The topological polar surface area (TPSA) is 51.1 Å². The zero-order valence-corrected chi connectivity index (χ0v) is 11.2. The molecule has 0 spiro atoms. The zero-order valence-electron chi connectivity index (χ0n) is 11.2. The molecule has 0 saturated carbocycles. The first kappa shape index (κ1) is 12.3. The van der Waals surface area contributed by atoms with Crippen molar-refractivity contribution in [3.8, 4) is 6.07 Å². The Hall–Kier alpha value is -1.73. The summed E-state index contributed by atoms with van der Waals surface area (Å²) in [6.45, 7) is 5.44. The van der Waals surface area contributed by atoms with Crippen LogP contribution in [-0.2, 0) is 0 Å². The highest BCUT2D eigenvalue weighted by atomic mass is 15.2. The van der Waals surface area contributed by atoms with Crippen LogP contribution < -0.4 is 15.5 Å². The number of nitrogens with zero attached hydrogens (tertiary/aromatic N) is 2. The average molecular weight is 256 g/mol. The van der Waals surface area contributed by atoms with Crippen molar-refractivity contribution in [3.63, 3.8) is 0 Å². The molecule has 1 aromatic rings. The molecule has 1 unspecified atom stereocenters. The van der Waals surface area contributed by atoms with Crippen molar-refractivity contribution >= 4 is 11.4 Å².